The van der Waals surface area contributed by atoms with E-state index in [2.05, 4.69) is 27.5 Å². The third-order valence-corrected chi connectivity index (χ3v) is 3.08. The summed E-state index contributed by atoms with van der Waals surface area (Å²) in [4.78, 5) is 8.83. The summed E-state index contributed by atoms with van der Waals surface area (Å²) in [7, 11) is 0. The van der Waals surface area contributed by atoms with E-state index in [1.165, 1.54) is 0 Å². The molecular weight excluding hydrogens is 272 g/mol. The molecule has 0 aliphatic heterocycles. The molecular formula is C15H19ClN4. The highest BCUT2D eigenvalue weighted by Crippen LogP contribution is 2.24. The fraction of sp³-hybridized carbons (Fsp3) is 0.333. The van der Waals surface area contributed by atoms with Crippen molar-refractivity contribution in [1.29, 1.82) is 0 Å². The van der Waals surface area contributed by atoms with Crippen LogP contribution < -0.4 is 10.6 Å². The van der Waals surface area contributed by atoms with Crippen LogP contribution in [0.5, 0.6) is 0 Å². The zero-order valence-corrected chi connectivity index (χ0v) is 12.8. The molecule has 0 bridgehead atoms. The molecule has 0 saturated heterocycles. The molecule has 0 amide bonds. The van der Waals surface area contributed by atoms with E-state index in [9.17, 15) is 0 Å². The van der Waals surface area contributed by atoms with E-state index in [4.69, 9.17) is 11.6 Å². The summed E-state index contributed by atoms with van der Waals surface area (Å²) in [6.45, 7) is 6.95. The second-order valence-electron chi connectivity index (χ2n) is 4.73. The summed E-state index contributed by atoms with van der Waals surface area (Å²) in [6, 6.07) is 7.67. The molecule has 1 aromatic carbocycles. The molecule has 20 heavy (non-hydrogen) atoms. The summed E-state index contributed by atoms with van der Waals surface area (Å²) in [5.41, 5.74) is 2.99. The lowest BCUT2D eigenvalue weighted by Gasteiger charge is -2.11. The Morgan fingerprint density at radius 1 is 1.15 bits per heavy atom. The summed E-state index contributed by atoms with van der Waals surface area (Å²) in [5.74, 6) is 1.41. The molecule has 5 heteroatoms. The molecule has 2 aromatic rings. The Morgan fingerprint density at radius 2 is 1.95 bits per heavy atom. The fourth-order valence-corrected chi connectivity index (χ4v) is 1.99. The van der Waals surface area contributed by atoms with E-state index in [0.717, 1.165) is 35.7 Å². The predicted octanol–water partition coefficient (Wildman–Crippen LogP) is 4.31. The zero-order valence-electron chi connectivity index (χ0n) is 12.0. The van der Waals surface area contributed by atoms with Crippen molar-refractivity contribution in [3.8, 4) is 0 Å². The van der Waals surface area contributed by atoms with E-state index >= 15 is 0 Å². The first-order chi connectivity index (χ1) is 9.58. The normalized spacial score (nSPS) is 10.4. The summed E-state index contributed by atoms with van der Waals surface area (Å²) < 4.78 is 0. The number of hydrogen-bond donors (Lipinski definition) is 2. The van der Waals surface area contributed by atoms with E-state index in [-0.39, 0.29) is 0 Å². The van der Waals surface area contributed by atoms with Gasteiger partial charge in [-0.3, -0.25) is 0 Å². The first-order valence-corrected chi connectivity index (χ1v) is 7.09. The molecule has 0 spiro atoms. The van der Waals surface area contributed by atoms with Crippen molar-refractivity contribution in [2.24, 2.45) is 0 Å². The van der Waals surface area contributed by atoms with Gasteiger partial charge in [0, 0.05) is 29.0 Å². The minimum absolute atomic E-state index is 0.647. The average molecular weight is 291 g/mol. The first kappa shape index (κ1) is 14.6. The van der Waals surface area contributed by atoms with Crippen molar-refractivity contribution in [2.45, 2.75) is 27.2 Å². The highest BCUT2D eigenvalue weighted by molar-refractivity contribution is 6.30. The van der Waals surface area contributed by atoms with Crippen LogP contribution in [0, 0.1) is 13.8 Å². The van der Waals surface area contributed by atoms with Gasteiger partial charge in [-0.05, 0) is 38.0 Å². The molecule has 0 aliphatic carbocycles. The number of halogens is 1. The van der Waals surface area contributed by atoms with Gasteiger partial charge >= 0.3 is 0 Å². The van der Waals surface area contributed by atoms with Gasteiger partial charge in [0.05, 0.1) is 0 Å². The van der Waals surface area contributed by atoms with Gasteiger partial charge in [0.25, 0.3) is 0 Å². The van der Waals surface area contributed by atoms with Gasteiger partial charge in [-0.2, -0.15) is 4.98 Å². The maximum absolute atomic E-state index is 6.03. The van der Waals surface area contributed by atoms with Crippen LogP contribution >= 0.6 is 11.6 Å². The standard InChI is InChI=1S/C15H19ClN4/c1-4-7-17-15-18-11(3)8-14(20-15)19-13-9-12(16)6-5-10(13)2/h5-6,8-9H,4,7H2,1-3H3,(H2,17,18,19,20). The molecule has 0 fully saturated rings. The second kappa shape index (κ2) is 6.57. The van der Waals surface area contributed by atoms with Gasteiger partial charge in [-0.15, -0.1) is 0 Å². The lowest BCUT2D eigenvalue weighted by molar-refractivity contribution is 0.947. The van der Waals surface area contributed by atoms with E-state index < -0.39 is 0 Å². The largest absolute Gasteiger partial charge is 0.354 e. The van der Waals surface area contributed by atoms with Crippen LogP contribution in [0.2, 0.25) is 5.02 Å². The van der Waals surface area contributed by atoms with Crippen molar-refractivity contribution < 1.29 is 0 Å². The van der Waals surface area contributed by atoms with E-state index in [1.807, 2.05) is 38.1 Å². The van der Waals surface area contributed by atoms with Gasteiger partial charge in [0.1, 0.15) is 5.82 Å². The Morgan fingerprint density at radius 3 is 2.70 bits per heavy atom. The van der Waals surface area contributed by atoms with Gasteiger partial charge < -0.3 is 10.6 Å². The van der Waals surface area contributed by atoms with Gasteiger partial charge in [-0.25, -0.2) is 4.98 Å². The minimum atomic E-state index is 0.647. The number of rotatable bonds is 5. The van der Waals surface area contributed by atoms with E-state index in [1.54, 1.807) is 0 Å². The average Bonchev–Trinajstić information content (AvgIpc) is 2.40. The molecule has 2 N–H and O–H groups in total. The fourth-order valence-electron chi connectivity index (χ4n) is 1.82. The Labute approximate surface area is 124 Å². The van der Waals surface area contributed by atoms with Gasteiger partial charge in [0.15, 0.2) is 0 Å². The minimum Gasteiger partial charge on any atom is -0.354 e. The number of hydrogen-bond acceptors (Lipinski definition) is 4. The first-order valence-electron chi connectivity index (χ1n) is 6.71. The predicted molar refractivity (Wildman–Crippen MR) is 85.0 cm³/mol. The Hall–Kier alpha value is -1.81. The third kappa shape index (κ3) is 3.84. The maximum atomic E-state index is 6.03. The van der Waals surface area contributed by atoms with Crippen molar-refractivity contribution >= 4 is 29.1 Å². The molecule has 0 radical (unpaired) electrons. The molecule has 1 aromatic heterocycles. The number of nitrogens with zero attached hydrogens (tertiary/aromatic N) is 2. The lowest BCUT2D eigenvalue weighted by atomic mass is 10.2. The highest BCUT2D eigenvalue weighted by atomic mass is 35.5. The molecule has 0 saturated carbocycles. The quantitative estimate of drug-likeness (QED) is 0.861. The molecule has 4 nitrogen and oxygen atoms in total. The number of benzene rings is 1. The topological polar surface area (TPSA) is 49.8 Å². The number of aryl methyl sites for hydroxylation is 2. The second-order valence-corrected chi connectivity index (χ2v) is 5.17. The maximum Gasteiger partial charge on any atom is 0.224 e. The third-order valence-electron chi connectivity index (χ3n) is 2.85. The number of aromatic nitrogens is 2. The van der Waals surface area contributed by atoms with Crippen LogP contribution in [0.1, 0.15) is 24.6 Å². The number of anilines is 3. The van der Waals surface area contributed by atoms with Crippen molar-refractivity contribution in [2.75, 3.05) is 17.2 Å². The smallest absolute Gasteiger partial charge is 0.224 e. The Bertz CT molecular complexity index is 598. The SMILES string of the molecule is CCCNc1nc(C)cc(Nc2cc(Cl)ccc2C)n1. The highest BCUT2D eigenvalue weighted by Gasteiger charge is 2.04. The van der Waals surface area contributed by atoms with Crippen LogP contribution in [0.4, 0.5) is 17.5 Å². The summed E-state index contributed by atoms with van der Waals surface area (Å²) >= 11 is 6.03. The van der Waals surface area contributed by atoms with Gasteiger partial charge in [0.2, 0.25) is 5.95 Å². The molecule has 106 valence electrons. The van der Waals surface area contributed by atoms with Crippen molar-refractivity contribution in [1.82, 2.24) is 9.97 Å². The van der Waals surface area contributed by atoms with Crippen LogP contribution in [-0.2, 0) is 0 Å². The molecule has 0 aliphatic rings. The van der Waals surface area contributed by atoms with E-state index in [0.29, 0.717) is 11.0 Å². The van der Waals surface area contributed by atoms with Gasteiger partial charge in [-0.1, -0.05) is 24.6 Å². The molecule has 2 rings (SSSR count). The molecule has 0 unspecified atom stereocenters. The van der Waals surface area contributed by atoms with Crippen LogP contribution in [-0.4, -0.2) is 16.5 Å². The summed E-state index contributed by atoms with van der Waals surface area (Å²) in [6.07, 6.45) is 1.04. The Kier molecular flexibility index (Phi) is 4.79. The number of nitrogens with one attached hydrogen (secondary N) is 2. The summed E-state index contributed by atoms with van der Waals surface area (Å²) in [5, 5.41) is 7.20. The van der Waals surface area contributed by atoms with Crippen molar-refractivity contribution in [3.63, 3.8) is 0 Å². The van der Waals surface area contributed by atoms with Crippen molar-refractivity contribution in [3.05, 3.63) is 40.5 Å². The van der Waals surface area contributed by atoms with Crippen LogP contribution in [0.25, 0.3) is 0 Å². The van der Waals surface area contributed by atoms with Crippen LogP contribution in [0.15, 0.2) is 24.3 Å². The zero-order chi connectivity index (χ0) is 14.5. The van der Waals surface area contributed by atoms with Crippen LogP contribution in [0.3, 0.4) is 0 Å². The Balaban J connectivity index is 2.24. The lowest BCUT2D eigenvalue weighted by Crippen LogP contribution is -2.07. The molecule has 0 atom stereocenters. The molecule has 1 heterocycles. The monoisotopic (exact) mass is 290 g/mol.